The minimum Gasteiger partial charge on any atom is -0.465 e. The van der Waals surface area contributed by atoms with E-state index >= 15 is 0 Å². The minimum absolute atomic E-state index is 0.0270. The van der Waals surface area contributed by atoms with Gasteiger partial charge in [0, 0.05) is 42.1 Å². The van der Waals surface area contributed by atoms with E-state index in [2.05, 4.69) is 15.9 Å². The van der Waals surface area contributed by atoms with Crippen LogP contribution in [0.2, 0.25) is 0 Å². The topological polar surface area (TPSA) is 60.9 Å². The van der Waals surface area contributed by atoms with E-state index in [4.69, 9.17) is 5.11 Å². The molecule has 0 atom stereocenters. The molecule has 6 heteroatoms. The summed E-state index contributed by atoms with van der Waals surface area (Å²) in [5, 5.41) is 8.98. The van der Waals surface area contributed by atoms with Crippen LogP contribution < -0.4 is 0 Å². The zero-order valence-corrected chi connectivity index (χ0v) is 14.3. The van der Waals surface area contributed by atoms with E-state index in [1.165, 1.54) is 4.90 Å². The van der Waals surface area contributed by atoms with Crippen LogP contribution in [-0.4, -0.2) is 53.1 Å². The average molecular weight is 379 g/mol. The first-order chi connectivity index (χ1) is 11.0. The van der Waals surface area contributed by atoms with Gasteiger partial charge < -0.3 is 14.9 Å². The van der Waals surface area contributed by atoms with Gasteiger partial charge in [-0.2, -0.15) is 0 Å². The summed E-state index contributed by atoms with van der Waals surface area (Å²) in [5.74, 6) is 0.0270. The van der Waals surface area contributed by atoms with Crippen molar-refractivity contribution in [3.63, 3.8) is 0 Å². The predicted molar refractivity (Wildman–Crippen MR) is 91.0 cm³/mol. The van der Waals surface area contributed by atoms with Gasteiger partial charge in [0.05, 0.1) is 0 Å². The Labute approximate surface area is 143 Å². The fraction of sp³-hybridized carbons (Fsp3) is 0.412. The molecule has 122 valence electrons. The molecule has 0 bridgehead atoms. The van der Waals surface area contributed by atoms with E-state index in [1.54, 1.807) is 6.08 Å². The number of carbonyl (C=O) groups excluding carboxylic acids is 1. The van der Waals surface area contributed by atoms with Gasteiger partial charge in [-0.05, 0) is 36.6 Å². The Hall–Kier alpha value is -1.82. The molecule has 2 fully saturated rings. The maximum atomic E-state index is 12.2. The maximum absolute atomic E-state index is 12.2. The number of amides is 2. The van der Waals surface area contributed by atoms with E-state index in [0.717, 1.165) is 36.0 Å². The molecule has 23 heavy (non-hydrogen) atoms. The second kappa shape index (κ2) is 6.35. The third-order valence-corrected chi connectivity index (χ3v) is 5.28. The van der Waals surface area contributed by atoms with E-state index in [1.807, 2.05) is 35.2 Å². The number of halogens is 1. The van der Waals surface area contributed by atoms with Crippen molar-refractivity contribution in [1.29, 1.82) is 0 Å². The van der Waals surface area contributed by atoms with Crippen molar-refractivity contribution in [2.75, 3.05) is 26.2 Å². The molecule has 2 aliphatic rings. The average Bonchev–Trinajstić information content (AvgIpc) is 2.51. The largest absolute Gasteiger partial charge is 0.465 e. The lowest BCUT2D eigenvalue weighted by Gasteiger charge is -2.53. The molecule has 1 N–H and O–H groups in total. The molecule has 1 spiro atoms. The number of nitrogens with zero attached hydrogens (tertiary/aromatic N) is 2. The van der Waals surface area contributed by atoms with Gasteiger partial charge in [0.1, 0.15) is 0 Å². The number of likely N-dealkylation sites (tertiary alicyclic amines) is 2. The minimum atomic E-state index is -0.843. The third kappa shape index (κ3) is 3.58. The molecule has 2 saturated heterocycles. The molecular formula is C17H19BrN2O3. The Balaban J connectivity index is 1.50. The summed E-state index contributed by atoms with van der Waals surface area (Å²) < 4.78 is 1.01. The van der Waals surface area contributed by atoms with Crippen LogP contribution in [0.25, 0.3) is 6.08 Å². The molecule has 2 heterocycles. The molecule has 5 nitrogen and oxygen atoms in total. The SMILES string of the molecule is O=C(O)N1CCC2(CC1)CN(C(=O)C=Cc1ccc(Br)cc1)C2. The van der Waals surface area contributed by atoms with Crippen LogP contribution in [-0.2, 0) is 4.79 Å². The van der Waals surface area contributed by atoms with E-state index in [-0.39, 0.29) is 11.3 Å². The number of hydrogen-bond acceptors (Lipinski definition) is 2. The first-order valence-electron chi connectivity index (χ1n) is 7.68. The number of hydrogen-bond donors (Lipinski definition) is 1. The molecule has 2 aliphatic heterocycles. The van der Waals surface area contributed by atoms with Crippen molar-refractivity contribution < 1.29 is 14.7 Å². The molecule has 1 aromatic rings. The van der Waals surface area contributed by atoms with Crippen LogP contribution in [0.4, 0.5) is 4.79 Å². The Bertz CT molecular complexity index is 626. The highest BCUT2D eigenvalue weighted by atomic mass is 79.9. The van der Waals surface area contributed by atoms with E-state index in [9.17, 15) is 9.59 Å². The Morgan fingerprint density at radius 1 is 1.09 bits per heavy atom. The van der Waals surface area contributed by atoms with E-state index in [0.29, 0.717) is 13.1 Å². The zero-order chi connectivity index (χ0) is 16.4. The fourth-order valence-electron chi connectivity index (χ4n) is 3.25. The highest BCUT2D eigenvalue weighted by Crippen LogP contribution is 2.40. The molecule has 0 aromatic heterocycles. The number of benzene rings is 1. The third-order valence-electron chi connectivity index (χ3n) is 4.75. The van der Waals surface area contributed by atoms with Crippen molar-refractivity contribution >= 4 is 34.0 Å². The number of carbonyl (C=O) groups is 2. The van der Waals surface area contributed by atoms with Gasteiger partial charge in [0.15, 0.2) is 0 Å². The number of piperidine rings is 1. The lowest BCUT2D eigenvalue weighted by molar-refractivity contribution is -0.140. The van der Waals surface area contributed by atoms with Crippen LogP contribution in [0, 0.1) is 5.41 Å². The number of carboxylic acid groups (broad SMARTS) is 1. The summed E-state index contributed by atoms with van der Waals surface area (Å²) in [6.45, 7) is 2.63. The Morgan fingerprint density at radius 2 is 1.70 bits per heavy atom. The van der Waals surface area contributed by atoms with Gasteiger partial charge in [-0.15, -0.1) is 0 Å². The lowest BCUT2D eigenvalue weighted by Crippen LogP contribution is -2.61. The van der Waals surface area contributed by atoms with Crippen LogP contribution in [0.15, 0.2) is 34.8 Å². The smallest absolute Gasteiger partial charge is 0.407 e. The molecule has 0 saturated carbocycles. The van der Waals surface area contributed by atoms with Gasteiger partial charge in [-0.1, -0.05) is 28.1 Å². The maximum Gasteiger partial charge on any atom is 0.407 e. The number of rotatable bonds is 2. The van der Waals surface area contributed by atoms with E-state index < -0.39 is 6.09 Å². The quantitative estimate of drug-likeness (QED) is 0.804. The molecule has 0 aliphatic carbocycles. The Morgan fingerprint density at radius 3 is 2.26 bits per heavy atom. The molecule has 0 unspecified atom stereocenters. The summed E-state index contributed by atoms with van der Waals surface area (Å²) in [5.41, 5.74) is 1.12. The van der Waals surface area contributed by atoms with Crippen LogP contribution in [0.5, 0.6) is 0 Å². The van der Waals surface area contributed by atoms with Crippen LogP contribution in [0.1, 0.15) is 18.4 Å². The fourth-order valence-corrected chi connectivity index (χ4v) is 3.52. The molecule has 3 rings (SSSR count). The summed E-state index contributed by atoms with van der Waals surface area (Å²) >= 11 is 3.38. The van der Waals surface area contributed by atoms with Crippen molar-refractivity contribution in [3.8, 4) is 0 Å². The monoisotopic (exact) mass is 378 g/mol. The Kier molecular flexibility index (Phi) is 4.43. The summed E-state index contributed by atoms with van der Waals surface area (Å²) in [6, 6.07) is 7.79. The van der Waals surface area contributed by atoms with Crippen molar-refractivity contribution in [2.24, 2.45) is 5.41 Å². The summed E-state index contributed by atoms with van der Waals surface area (Å²) in [7, 11) is 0. The van der Waals surface area contributed by atoms with Crippen molar-refractivity contribution in [3.05, 3.63) is 40.4 Å². The first-order valence-corrected chi connectivity index (χ1v) is 8.47. The second-order valence-corrected chi connectivity index (χ2v) is 7.26. The summed E-state index contributed by atoms with van der Waals surface area (Å²) in [6.07, 6.45) is 4.29. The first kappa shape index (κ1) is 16.1. The molecule has 1 aromatic carbocycles. The zero-order valence-electron chi connectivity index (χ0n) is 12.7. The van der Waals surface area contributed by atoms with Crippen LogP contribution in [0.3, 0.4) is 0 Å². The highest BCUT2D eigenvalue weighted by molar-refractivity contribution is 9.10. The van der Waals surface area contributed by atoms with Gasteiger partial charge in [-0.25, -0.2) is 4.79 Å². The van der Waals surface area contributed by atoms with Gasteiger partial charge in [0.25, 0.3) is 0 Å². The van der Waals surface area contributed by atoms with Crippen molar-refractivity contribution in [2.45, 2.75) is 12.8 Å². The molecule has 2 amide bonds. The van der Waals surface area contributed by atoms with Crippen molar-refractivity contribution in [1.82, 2.24) is 9.80 Å². The van der Waals surface area contributed by atoms with Gasteiger partial charge in [0.2, 0.25) is 5.91 Å². The second-order valence-electron chi connectivity index (χ2n) is 6.35. The summed E-state index contributed by atoms with van der Waals surface area (Å²) in [4.78, 5) is 26.4. The standard InChI is InChI=1S/C17H19BrN2O3/c18-14-4-1-13(2-5-14)3-6-15(21)20-11-17(12-20)7-9-19(10-8-17)16(22)23/h1-6H,7-12H2,(H,22,23). The van der Waals surface area contributed by atoms with Gasteiger partial charge >= 0.3 is 6.09 Å². The predicted octanol–water partition coefficient (Wildman–Crippen LogP) is 3.06. The molecular weight excluding hydrogens is 360 g/mol. The highest BCUT2D eigenvalue weighted by Gasteiger charge is 2.46. The molecule has 0 radical (unpaired) electrons. The van der Waals surface area contributed by atoms with Crippen LogP contribution >= 0.6 is 15.9 Å². The normalized spacial score (nSPS) is 19.9. The van der Waals surface area contributed by atoms with Gasteiger partial charge in [-0.3, -0.25) is 4.79 Å². The lowest BCUT2D eigenvalue weighted by atomic mass is 9.72.